The normalized spacial score (nSPS) is 9.93. The summed E-state index contributed by atoms with van der Waals surface area (Å²) in [6, 6.07) is 7.86. The topological polar surface area (TPSA) is 29.9 Å². The molecule has 3 nitrogen and oxygen atoms in total. The highest BCUT2D eigenvalue weighted by atomic mass is 19.1. The third-order valence-electron chi connectivity index (χ3n) is 1.91. The maximum atomic E-state index is 12.6. The van der Waals surface area contributed by atoms with Crippen molar-refractivity contribution in [1.82, 2.24) is 9.78 Å². The van der Waals surface area contributed by atoms with Crippen LogP contribution in [0.3, 0.4) is 0 Å². The molecule has 1 N–H and O–H groups in total. The Morgan fingerprint density at radius 1 is 1.33 bits per heavy atom. The molecule has 0 unspecified atom stereocenters. The zero-order chi connectivity index (χ0) is 10.7. The lowest BCUT2D eigenvalue weighted by Crippen LogP contribution is -2.05. The number of benzene rings is 1. The summed E-state index contributed by atoms with van der Waals surface area (Å²) in [4.78, 5) is 0. The molecule has 15 heavy (non-hydrogen) atoms. The van der Waals surface area contributed by atoms with Gasteiger partial charge in [-0.15, -0.1) is 0 Å². The van der Waals surface area contributed by atoms with Gasteiger partial charge in [-0.3, -0.25) is 0 Å². The first-order valence-corrected chi connectivity index (χ1v) is 4.47. The summed E-state index contributed by atoms with van der Waals surface area (Å²) in [6.45, 7) is 3.81. The lowest BCUT2D eigenvalue weighted by molar-refractivity contribution is 0.628. The van der Waals surface area contributed by atoms with Gasteiger partial charge < -0.3 is 5.32 Å². The first-order valence-electron chi connectivity index (χ1n) is 4.47. The number of nitrogens with zero attached hydrogens (tertiary/aromatic N) is 2. The van der Waals surface area contributed by atoms with Crippen LogP contribution in [0, 0.1) is 5.82 Å². The molecule has 1 aromatic heterocycles. The minimum Gasteiger partial charge on any atom is -0.341 e. The number of anilines is 1. The fourth-order valence-electron chi connectivity index (χ4n) is 1.19. The van der Waals surface area contributed by atoms with Crippen LogP contribution in [0.2, 0.25) is 0 Å². The molecule has 0 aliphatic heterocycles. The summed E-state index contributed by atoms with van der Waals surface area (Å²) in [6.07, 6.45) is 3.44. The highest BCUT2D eigenvalue weighted by Crippen LogP contribution is 2.11. The standard InChI is InChI=1S/C11H10FN3/c1-9(15-8-2-7-13-15)14-11-5-3-10(12)4-6-11/h2-8,14H,1H2. The smallest absolute Gasteiger partial charge is 0.124 e. The second-order valence-corrected chi connectivity index (χ2v) is 3.03. The Balaban J connectivity index is 2.09. The molecule has 0 saturated carbocycles. The molecule has 0 atom stereocenters. The average molecular weight is 203 g/mol. The van der Waals surface area contributed by atoms with E-state index in [4.69, 9.17) is 0 Å². The van der Waals surface area contributed by atoms with Crippen LogP contribution in [0.15, 0.2) is 49.3 Å². The van der Waals surface area contributed by atoms with Crippen LogP contribution in [0.25, 0.3) is 5.82 Å². The molecule has 0 bridgehead atoms. The minimum absolute atomic E-state index is 0.259. The predicted octanol–water partition coefficient (Wildman–Crippen LogP) is 2.56. The van der Waals surface area contributed by atoms with Crippen LogP contribution >= 0.6 is 0 Å². The van der Waals surface area contributed by atoms with Gasteiger partial charge in [0.1, 0.15) is 11.6 Å². The quantitative estimate of drug-likeness (QED) is 0.830. The SMILES string of the molecule is C=C(Nc1ccc(F)cc1)n1cccn1. The molecule has 0 aliphatic carbocycles. The number of hydrogen-bond acceptors (Lipinski definition) is 2. The molecule has 0 amide bonds. The Hall–Kier alpha value is -2.10. The number of hydrogen-bond donors (Lipinski definition) is 1. The van der Waals surface area contributed by atoms with Gasteiger partial charge in [-0.25, -0.2) is 9.07 Å². The van der Waals surface area contributed by atoms with Crippen molar-refractivity contribution >= 4 is 11.5 Å². The minimum atomic E-state index is -0.259. The number of aromatic nitrogens is 2. The van der Waals surface area contributed by atoms with Crippen molar-refractivity contribution in [3.05, 3.63) is 55.1 Å². The van der Waals surface area contributed by atoms with E-state index in [1.54, 1.807) is 35.3 Å². The van der Waals surface area contributed by atoms with E-state index < -0.39 is 0 Å². The van der Waals surface area contributed by atoms with E-state index in [-0.39, 0.29) is 5.82 Å². The van der Waals surface area contributed by atoms with Gasteiger partial charge in [-0.05, 0) is 30.3 Å². The first kappa shape index (κ1) is 9.45. The molecule has 2 aromatic rings. The molecule has 76 valence electrons. The largest absolute Gasteiger partial charge is 0.341 e. The van der Waals surface area contributed by atoms with Gasteiger partial charge in [0, 0.05) is 18.1 Å². The van der Waals surface area contributed by atoms with Crippen molar-refractivity contribution < 1.29 is 4.39 Å². The number of halogens is 1. The van der Waals surface area contributed by atoms with E-state index in [1.807, 2.05) is 0 Å². The second kappa shape index (κ2) is 3.96. The van der Waals surface area contributed by atoms with Crippen molar-refractivity contribution in [2.24, 2.45) is 0 Å². The molecule has 1 heterocycles. The molecule has 0 radical (unpaired) electrons. The second-order valence-electron chi connectivity index (χ2n) is 3.03. The third kappa shape index (κ3) is 2.22. The van der Waals surface area contributed by atoms with E-state index in [1.165, 1.54) is 12.1 Å². The Morgan fingerprint density at radius 3 is 2.67 bits per heavy atom. The maximum Gasteiger partial charge on any atom is 0.124 e. The van der Waals surface area contributed by atoms with Crippen LogP contribution in [0.5, 0.6) is 0 Å². The van der Waals surface area contributed by atoms with Crippen molar-refractivity contribution in [2.75, 3.05) is 5.32 Å². The van der Waals surface area contributed by atoms with Crippen molar-refractivity contribution in [2.45, 2.75) is 0 Å². The summed E-state index contributed by atoms with van der Waals surface area (Å²) >= 11 is 0. The summed E-state index contributed by atoms with van der Waals surface area (Å²) in [5.74, 6) is 0.358. The summed E-state index contributed by atoms with van der Waals surface area (Å²) in [7, 11) is 0. The molecule has 1 aromatic carbocycles. The van der Waals surface area contributed by atoms with E-state index in [0.29, 0.717) is 5.82 Å². The van der Waals surface area contributed by atoms with Crippen LogP contribution in [-0.2, 0) is 0 Å². The average Bonchev–Trinajstić information content (AvgIpc) is 2.74. The lowest BCUT2D eigenvalue weighted by atomic mass is 10.3. The zero-order valence-corrected chi connectivity index (χ0v) is 8.02. The molecular formula is C11H10FN3. The highest BCUT2D eigenvalue weighted by Gasteiger charge is 1.98. The third-order valence-corrected chi connectivity index (χ3v) is 1.91. The van der Waals surface area contributed by atoms with Gasteiger partial charge in [0.2, 0.25) is 0 Å². The van der Waals surface area contributed by atoms with Crippen molar-refractivity contribution in [3.8, 4) is 0 Å². The Labute approximate surface area is 86.9 Å². The summed E-state index contributed by atoms with van der Waals surface area (Å²) in [5, 5.41) is 7.02. The zero-order valence-electron chi connectivity index (χ0n) is 8.02. The van der Waals surface area contributed by atoms with Gasteiger partial charge in [-0.1, -0.05) is 6.58 Å². The Bertz CT molecular complexity index is 445. The molecule has 4 heteroatoms. The molecule has 0 fully saturated rings. The molecule has 2 rings (SSSR count). The Kier molecular flexibility index (Phi) is 2.49. The van der Waals surface area contributed by atoms with Gasteiger partial charge in [0.15, 0.2) is 0 Å². The van der Waals surface area contributed by atoms with Gasteiger partial charge in [0.25, 0.3) is 0 Å². The fraction of sp³-hybridized carbons (Fsp3) is 0. The first-order chi connectivity index (χ1) is 7.25. The molecular weight excluding hydrogens is 193 g/mol. The van der Waals surface area contributed by atoms with Gasteiger partial charge >= 0.3 is 0 Å². The Morgan fingerprint density at radius 2 is 2.07 bits per heavy atom. The van der Waals surface area contributed by atoms with Crippen molar-refractivity contribution in [3.63, 3.8) is 0 Å². The van der Waals surface area contributed by atoms with E-state index in [2.05, 4.69) is 17.0 Å². The molecule has 0 spiro atoms. The van der Waals surface area contributed by atoms with Crippen molar-refractivity contribution in [1.29, 1.82) is 0 Å². The monoisotopic (exact) mass is 203 g/mol. The highest BCUT2D eigenvalue weighted by molar-refractivity contribution is 5.62. The fourth-order valence-corrected chi connectivity index (χ4v) is 1.19. The summed E-state index contributed by atoms with van der Waals surface area (Å²) < 4.78 is 14.2. The maximum absolute atomic E-state index is 12.6. The van der Waals surface area contributed by atoms with E-state index >= 15 is 0 Å². The van der Waals surface area contributed by atoms with Crippen LogP contribution < -0.4 is 5.32 Å². The number of nitrogens with one attached hydrogen (secondary N) is 1. The van der Waals surface area contributed by atoms with Gasteiger partial charge in [0.05, 0.1) is 0 Å². The van der Waals surface area contributed by atoms with E-state index in [9.17, 15) is 4.39 Å². The van der Waals surface area contributed by atoms with Crippen LogP contribution in [-0.4, -0.2) is 9.78 Å². The molecule has 0 saturated heterocycles. The lowest BCUT2D eigenvalue weighted by Gasteiger charge is -2.08. The molecule has 0 aliphatic rings. The van der Waals surface area contributed by atoms with E-state index in [0.717, 1.165) is 5.69 Å². The number of rotatable bonds is 3. The van der Waals surface area contributed by atoms with Crippen LogP contribution in [0.1, 0.15) is 0 Å². The predicted molar refractivity (Wildman–Crippen MR) is 57.6 cm³/mol. The van der Waals surface area contributed by atoms with Gasteiger partial charge in [-0.2, -0.15) is 5.10 Å². The van der Waals surface area contributed by atoms with Crippen LogP contribution in [0.4, 0.5) is 10.1 Å². The summed E-state index contributed by atoms with van der Waals surface area (Å²) in [5.41, 5.74) is 0.775.